The van der Waals surface area contributed by atoms with Crippen LogP contribution in [0.25, 0.3) is 0 Å². The first-order valence-corrected chi connectivity index (χ1v) is 6.77. The maximum absolute atomic E-state index is 9.82. The number of likely N-dealkylation sites (N-methyl/N-ethyl adjacent to an activating group) is 1. The van der Waals surface area contributed by atoms with Crippen LogP contribution in [0.5, 0.6) is 0 Å². The van der Waals surface area contributed by atoms with Gasteiger partial charge in [0.2, 0.25) is 0 Å². The first kappa shape index (κ1) is 14.9. The van der Waals surface area contributed by atoms with Crippen LogP contribution in [0.2, 0.25) is 0 Å². The lowest BCUT2D eigenvalue weighted by atomic mass is 9.97. The van der Waals surface area contributed by atoms with Crippen LogP contribution in [0, 0.1) is 5.92 Å². The van der Waals surface area contributed by atoms with Gasteiger partial charge in [0.1, 0.15) is 0 Å². The number of piperidine rings is 1. The number of hydrogen-bond acceptors (Lipinski definition) is 4. The topological polar surface area (TPSA) is 44.7 Å². The summed E-state index contributed by atoms with van der Waals surface area (Å²) in [5.74, 6) is 0.777. The highest BCUT2D eigenvalue weighted by atomic mass is 16.5. The van der Waals surface area contributed by atoms with Crippen LogP contribution in [0.1, 0.15) is 26.7 Å². The molecular weight excluding hydrogens is 216 g/mol. The Morgan fingerprint density at radius 2 is 2.00 bits per heavy atom. The van der Waals surface area contributed by atoms with Crippen LogP contribution in [-0.4, -0.2) is 62.0 Å². The van der Waals surface area contributed by atoms with Gasteiger partial charge >= 0.3 is 0 Å². The van der Waals surface area contributed by atoms with Gasteiger partial charge in [-0.3, -0.25) is 0 Å². The van der Waals surface area contributed by atoms with Gasteiger partial charge in [0.15, 0.2) is 0 Å². The minimum Gasteiger partial charge on any atom is -0.389 e. The van der Waals surface area contributed by atoms with E-state index in [-0.39, 0.29) is 12.2 Å². The zero-order valence-corrected chi connectivity index (χ0v) is 11.5. The van der Waals surface area contributed by atoms with E-state index in [1.54, 1.807) is 0 Å². The van der Waals surface area contributed by atoms with Crippen molar-refractivity contribution in [1.82, 2.24) is 10.2 Å². The predicted molar refractivity (Wildman–Crippen MR) is 70.2 cm³/mol. The largest absolute Gasteiger partial charge is 0.389 e. The SMILES string of the molecule is CC(C)OCC(O)CN(C)CC1CCNCC1. The summed E-state index contributed by atoms with van der Waals surface area (Å²) in [6.07, 6.45) is 2.33. The monoisotopic (exact) mass is 244 g/mol. The number of hydrogen-bond donors (Lipinski definition) is 2. The summed E-state index contributed by atoms with van der Waals surface area (Å²) in [4.78, 5) is 2.23. The van der Waals surface area contributed by atoms with E-state index in [1.807, 2.05) is 13.8 Å². The summed E-state index contributed by atoms with van der Waals surface area (Å²) in [6.45, 7) is 8.48. The van der Waals surface area contributed by atoms with Crippen molar-refractivity contribution in [2.24, 2.45) is 5.92 Å². The molecule has 1 atom stereocenters. The molecule has 0 radical (unpaired) electrons. The third kappa shape index (κ3) is 6.99. The van der Waals surface area contributed by atoms with Gasteiger partial charge in [0.25, 0.3) is 0 Å². The average Bonchev–Trinajstić information content (AvgIpc) is 2.27. The fourth-order valence-electron chi connectivity index (χ4n) is 2.30. The zero-order chi connectivity index (χ0) is 12.7. The van der Waals surface area contributed by atoms with E-state index >= 15 is 0 Å². The third-order valence-electron chi connectivity index (χ3n) is 3.17. The standard InChI is InChI=1S/C13H28N2O2/c1-11(2)17-10-13(16)9-15(3)8-12-4-6-14-7-5-12/h11-14,16H,4-10H2,1-3H3. The summed E-state index contributed by atoms with van der Waals surface area (Å²) in [7, 11) is 2.08. The Labute approximate surface area is 105 Å². The molecule has 0 bridgehead atoms. The summed E-state index contributed by atoms with van der Waals surface area (Å²) in [6, 6.07) is 0. The summed E-state index contributed by atoms with van der Waals surface area (Å²) in [5, 5.41) is 13.2. The Kier molecular flexibility index (Phi) is 7.04. The highest BCUT2D eigenvalue weighted by Crippen LogP contribution is 2.12. The molecule has 4 heteroatoms. The molecule has 1 fully saturated rings. The molecule has 0 aromatic heterocycles. The van der Waals surface area contributed by atoms with Crippen LogP contribution in [-0.2, 0) is 4.74 Å². The Morgan fingerprint density at radius 1 is 1.35 bits per heavy atom. The normalized spacial score (nSPS) is 20.1. The van der Waals surface area contributed by atoms with E-state index in [0.717, 1.165) is 25.6 Å². The van der Waals surface area contributed by atoms with Crippen molar-refractivity contribution in [2.75, 3.05) is 39.8 Å². The second kappa shape index (κ2) is 8.03. The average molecular weight is 244 g/mol. The number of ether oxygens (including phenoxy) is 1. The lowest BCUT2D eigenvalue weighted by Gasteiger charge is -2.28. The molecule has 1 aliphatic heterocycles. The number of aliphatic hydroxyl groups is 1. The van der Waals surface area contributed by atoms with Crippen LogP contribution in [0.4, 0.5) is 0 Å². The maximum Gasteiger partial charge on any atom is 0.0900 e. The third-order valence-corrected chi connectivity index (χ3v) is 3.17. The van der Waals surface area contributed by atoms with Gasteiger partial charge in [-0.15, -0.1) is 0 Å². The van der Waals surface area contributed by atoms with E-state index in [4.69, 9.17) is 4.74 Å². The fourth-order valence-corrected chi connectivity index (χ4v) is 2.30. The van der Waals surface area contributed by atoms with Crippen molar-refractivity contribution in [3.05, 3.63) is 0 Å². The molecule has 2 N–H and O–H groups in total. The van der Waals surface area contributed by atoms with Gasteiger partial charge in [-0.1, -0.05) is 0 Å². The number of aliphatic hydroxyl groups excluding tert-OH is 1. The molecular formula is C13H28N2O2. The Balaban J connectivity index is 2.12. The molecule has 0 amide bonds. The van der Waals surface area contributed by atoms with Crippen LogP contribution >= 0.6 is 0 Å². The summed E-state index contributed by atoms with van der Waals surface area (Å²) in [5.41, 5.74) is 0. The Bertz CT molecular complexity index is 194. The van der Waals surface area contributed by atoms with Crippen LogP contribution in [0.3, 0.4) is 0 Å². The Morgan fingerprint density at radius 3 is 2.59 bits per heavy atom. The highest BCUT2D eigenvalue weighted by Gasteiger charge is 2.16. The van der Waals surface area contributed by atoms with Crippen LogP contribution < -0.4 is 5.32 Å². The van der Waals surface area contributed by atoms with Gasteiger partial charge in [-0.2, -0.15) is 0 Å². The van der Waals surface area contributed by atoms with Gasteiger partial charge in [-0.25, -0.2) is 0 Å². The van der Waals surface area contributed by atoms with E-state index in [0.29, 0.717) is 13.2 Å². The minimum atomic E-state index is -0.371. The van der Waals surface area contributed by atoms with Crippen molar-refractivity contribution in [2.45, 2.75) is 38.9 Å². The smallest absolute Gasteiger partial charge is 0.0900 e. The lowest BCUT2D eigenvalue weighted by molar-refractivity contribution is -0.00732. The molecule has 1 aliphatic rings. The van der Waals surface area contributed by atoms with Gasteiger partial charge in [0, 0.05) is 13.1 Å². The van der Waals surface area contributed by atoms with Crippen molar-refractivity contribution in [1.29, 1.82) is 0 Å². The summed E-state index contributed by atoms with van der Waals surface area (Å²) >= 11 is 0. The second-order valence-corrected chi connectivity index (χ2v) is 5.45. The molecule has 1 saturated heterocycles. The molecule has 0 aromatic carbocycles. The van der Waals surface area contributed by atoms with Crippen molar-refractivity contribution >= 4 is 0 Å². The van der Waals surface area contributed by atoms with E-state index in [9.17, 15) is 5.11 Å². The van der Waals surface area contributed by atoms with Gasteiger partial charge in [0.05, 0.1) is 18.8 Å². The first-order valence-electron chi connectivity index (χ1n) is 6.77. The molecule has 0 aliphatic carbocycles. The van der Waals surface area contributed by atoms with Crippen LogP contribution in [0.15, 0.2) is 0 Å². The minimum absolute atomic E-state index is 0.194. The second-order valence-electron chi connectivity index (χ2n) is 5.45. The molecule has 102 valence electrons. The first-order chi connectivity index (χ1) is 8.08. The Hall–Kier alpha value is -0.160. The fraction of sp³-hybridized carbons (Fsp3) is 1.00. The molecule has 4 nitrogen and oxygen atoms in total. The summed E-state index contributed by atoms with van der Waals surface area (Å²) < 4.78 is 5.41. The number of nitrogens with zero attached hydrogens (tertiary/aromatic N) is 1. The quantitative estimate of drug-likeness (QED) is 0.692. The van der Waals surface area contributed by atoms with Gasteiger partial charge < -0.3 is 20.1 Å². The highest BCUT2D eigenvalue weighted by molar-refractivity contribution is 4.72. The molecule has 1 unspecified atom stereocenters. The van der Waals surface area contributed by atoms with Gasteiger partial charge in [-0.05, 0) is 52.7 Å². The number of nitrogens with one attached hydrogen (secondary N) is 1. The van der Waals surface area contributed by atoms with Crippen molar-refractivity contribution in [3.8, 4) is 0 Å². The predicted octanol–water partition coefficient (Wildman–Crippen LogP) is 0.704. The van der Waals surface area contributed by atoms with E-state index < -0.39 is 0 Å². The zero-order valence-electron chi connectivity index (χ0n) is 11.5. The molecule has 1 heterocycles. The molecule has 1 rings (SSSR count). The molecule has 0 aromatic rings. The number of rotatable bonds is 7. The van der Waals surface area contributed by atoms with E-state index in [1.165, 1.54) is 12.8 Å². The molecule has 17 heavy (non-hydrogen) atoms. The van der Waals surface area contributed by atoms with Crippen molar-refractivity contribution < 1.29 is 9.84 Å². The maximum atomic E-state index is 9.82. The van der Waals surface area contributed by atoms with E-state index in [2.05, 4.69) is 17.3 Å². The molecule has 0 spiro atoms. The van der Waals surface area contributed by atoms with Crippen molar-refractivity contribution in [3.63, 3.8) is 0 Å². The molecule has 0 saturated carbocycles. The lowest BCUT2D eigenvalue weighted by Crippen LogP contribution is -2.38.